The van der Waals surface area contributed by atoms with Gasteiger partial charge in [0.05, 0.1) is 16.5 Å². The summed E-state index contributed by atoms with van der Waals surface area (Å²) in [4.78, 5) is 32.9. The molecule has 0 saturated carbocycles. The molecule has 8 nitrogen and oxygen atoms in total. The van der Waals surface area contributed by atoms with Crippen LogP contribution in [0.1, 0.15) is 28.2 Å². The average molecular weight is 526 g/mol. The van der Waals surface area contributed by atoms with E-state index in [0.717, 1.165) is 9.75 Å². The van der Waals surface area contributed by atoms with Gasteiger partial charge in [-0.2, -0.15) is 0 Å². The van der Waals surface area contributed by atoms with Crippen molar-refractivity contribution >= 4 is 55.9 Å². The van der Waals surface area contributed by atoms with Crippen LogP contribution >= 0.6 is 34.3 Å². The van der Waals surface area contributed by atoms with E-state index in [1.807, 2.05) is 6.07 Å². The van der Waals surface area contributed by atoms with Crippen molar-refractivity contribution in [3.8, 4) is 9.75 Å². The van der Waals surface area contributed by atoms with Crippen LogP contribution in [0, 0.1) is 0 Å². The summed E-state index contributed by atoms with van der Waals surface area (Å²) in [7, 11) is -3.89. The highest BCUT2D eigenvalue weighted by molar-refractivity contribution is 7.92. The van der Waals surface area contributed by atoms with Crippen molar-refractivity contribution in [1.29, 1.82) is 0 Å². The first-order valence-corrected chi connectivity index (χ1v) is 13.6. The van der Waals surface area contributed by atoms with Crippen LogP contribution in [0.2, 0.25) is 4.34 Å². The summed E-state index contributed by atoms with van der Waals surface area (Å²) in [6.07, 6.45) is 1.05. The molecule has 0 aliphatic carbocycles. The lowest BCUT2D eigenvalue weighted by molar-refractivity contribution is -0.129. The molecule has 1 aliphatic rings. The van der Waals surface area contributed by atoms with E-state index in [4.69, 9.17) is 16.8 Å². The second-order valence-corrected chi connectivity index (χ2v) is 12.8. The van der Waals surface area contributed by atoms with Crippen molar-refractivity contribution in [2.45, 2.75) is 17.6 Å². The Morgan fingerprint density at radius 1 is 1.12 bits per heavy atom. The van der Waals surface area contributed by atoms with E-state index in [-0.39, 0.29) is 36.9 Å². The molecule has 3 aromatic heterocycles. The van der Waals surface area contributed by atoms with E-state index in [1.54, 1.807) is 41.9 Å². The molecular formula is C21H20ClN3O5S3. The number of aromatic nitrogens is 1. The van der Waals surface area contributed by atoms with Gasteiger partial charge in [0.1, 0.15) is 10.4 Å². The Bertz CT molecular complexity index is 1280. The Hall–Kier alpha value is -2.31. The molecule has 0 bridgehead atoms. The number of carbonyl (C=O) groups excluding carboxylic acids is 2. The number of rotatable bonds is 5. The van der Waals surface area contributed by atoms with Gasteiger partial charge in [0, 0.05) is 33.9 Å². The summed E-state index contributed by atoms with van der Waals surface area (Å²) in [6.45, 7) is 0.102. The normalized spacial score (nSPS) is 20.2. The lowest BCUT2D eigenvalue weighted by Gasteiger charge is -2.30. The van der Waals surface area contributed by atoms with Crippen molar-refractivity contribution in [3.05, 3.63) is 63.6 Å². The third kappa shape index (κ3) is 4.69. The second-order valence-electron chi connectivity index (χ2n) is 7.55. The zero-order chi connectivity index (χ0) is 23.6. The number of sulfone groups is 1. The molecule has 174 valence electrons. The monoisotopic (exact) mass is 525 g/mol. The number of thiophene rings is 2. The van der Waals surface area contributed by atoms with E-state index in [1.165, 1.54) is 33.8 Å². The van der Waals surface area contributed by atoms with Crippen LogP contribution in [-0.2, 0) is 19.4 Å². The summed E-state index contributed by atoms with van der Waals surface area (Å²) in [5.74, 6) is -1.49. The highest BCUT2D eigenvalue weighted by Gasteiger charge is 2.50. The van der Waals surface area contributed by atoms with Crippen LogP contribution in [0.4, 0.5) is 0 Å². The maximum absolute atomic E-state index is 13.6. The molecule has 2 N–H and O–H groups in total. The van der Waals surface area contributed by atoms with Gasteiger partial charge in [-0.25, -0.2) is 13.9 Å². The highest BCUT2D eigenvalue weighted by Crippen LogP contribution is 2.46. The van der Waals surface area contributed by atoms with E-state index in [9.17, 15) is 18.0 Å². The average Bonchev–Trinajstić information content (AvgIpc) is 3.44. The summed E-state index contributed by atoms with van der Waals surface area (Å²) in [5.41, 5.74) is 1.79. The molecule has 0 aromatic carbocycles. The van der Waals surface area contributed by atoms with Crippen LogP contribution in [0.5, 0.6) is 0 Å². The predicted octanol–water partition coefficient (Wildman–Crippen LogP) is 3.58. The number of hydroxylamine groups is 1. The largest absolute Gasteiger partial charge is 0.336 e. The number of hydrogen-bond donors (Lipinski definition) is 2. The Balaban J connectivity index is 1.72. The van der Waals surface area contributed by atoms with Gasteiger partial charge in [0.25, 0.3) is 5.91 Å². The molecule has 12 heteroatoms. The number of pyridine rings is 1. The first-order valence-electron chi connectivity index (χ1n) is 9.97. The maximum Gasteiger partial charge on any atom is 0.272 e. The molecule has 33 heavy (non-hydrogen) atoms. The van der Waals surface area contributed by atoms with Crippen molar-refractivity contribution in [1.82, 2.24) is 15.4 Å². The van der Waals surface area contributed by atoms with E-state index in [0.29, 0.717) is 9.21 Å². The van der Waals surface area contributed by atoms with Crippen LogP contribution in [0.25, 0.3) is 9.75 Å². The standard InChI is InChI=1S/C21H20ClN3O5S3/c22-18-7-5-16(32-18)15-4-6-17(31-15)21(13-19(26)24-28)8-10-25(11-12-33(21,29)30)20(27)14-3-1-2-9-23-14/h1-7,9,28H,8,10-13H2,(H,24,26). The number of nitrogens with zero attached hydrogens (tertiary/aromatic N) is 2. The maximum atomic E-state index is 13.6. The molecule has 0 radical (unpaired) electrons. The Morgan fingerprint density at radius 2 is 1.88 bits per heavy atom. The number of hydrogen-bond acceptors (Lipinski definition) is 8. The number of nitrogens with one attached hydrogen (secondary N) is 1. The minimum atomic E-state index is -3.89. The van der Waals surface area contributed by atoms with Gasteiger partial charge in [0.2, 0.25) is 5.91 Å². The zero-order valence-electron chi connectivity index (χ0n) is 17.2. The van der Waals surface area contributed by atoms with Gasteiger partial charge in [-0.05, 0) is 42.8 Å². The predicted molar refractivity (Wildman–Crippen MR) is 127 cm³/mol. The SMILES string of the molecule is O=C(CC1(c2ccc(-c3ccc(Cl)s3)s2)CCN(C(=O)c2ccccn2)CCS1(=O)=O)NO. The van der Waals surface area contributed by atoms with E-state index < -0.39 is 26.9 Å². The molecule has 1 atom stereocenters. The Morgan fingerprint density at radius 3 is 2.55 bits per heavy atom. The summed E-state index contributed by atoms with van der Waals surface area (Å²) < 4.78 is 26.2. The molecule has 1 unspecified atom stereocenters. The van der Waals surface area contributed by atoms with Crippen LogP contribution in [-0.4, -0.2) is 54.2 Å². The van der Waals surface area contributed by atoms with E-state index >= 15 is 0 Å². The molecule has 4 heterocycles. The fourth-order valence-corrected chi connectivity index (χ4v) is 8.62. The Labute approximate surface area is 203 Å². The van der Waals surface area contributed by atoms with E-state index in [2.05, 4.69) is 4.98 Å². The van der Waals surface area contributed by atoms with Crippen molar-refractivity contribution < 1.29 is 23.2 Å². The number of amides is 2. The molecule has 1 saturated heterocycles. The first kappa shape index (κ1) is 23.8. The molecule has 2 amide bonds. The minimum Gasteiger partial charge on any atom is -0.336 e. The highest BCUT2D eigenvalue weighted by atomic mass is 35.5. The van der Waals surface area contributed by atoms with Gasteiger partial charge >= 0.3 is 0 Å². The molecule has 1 fully saturated rings. The second kappa shape index (κ2) is 9.51. The van der Waals surface area contributed by atoms with Crippen LogP contribution in [0.15, 0.2) is 48.7 Å². The van der Waals surface area contributed by atoms with Crippen molar-refractivity contribution in [3.63, 3.8) is 0 Å². The van der Waals surface area contributed by atoms with Gasteiger partial charge < -0.3 is 4.90 Å². The fraction of sp³-hybridized carbons (Fsp3) is 0.286. The third-order valence-corrected chi connectivity index (χ3v) is 10.9. The number of carbonyl (C=O) groups is 2. The van der Waals surface area contributed by atoms with Crippen LogP contribution < -0.4 is 5.48 Å². The van der Waals surface area contributed by atoms with Crippen molar-refractivity contribution in [2.75, 3.05) is 18.8 Å². The zero-order valence-corrected chi connectivity index (χ0v) is 20.4. The lowest BCUT2D eigenvalue weighted by atomic mass is 9.97. The van der Waals surface area contributed by atoms with Gasteiger partial charge in [-0.3, -0.25) is 19.8 Å². The molecular weight excluding hydrogens is 506 g/mol. The Kier molecular flexibility index (Phi) is 6.87. The first-order chi connectivity index (χ1) is 15.8. The minimum absolute atomic E-state index is 0.00643. The van der Waals surface area contributed by atoms with Gasteiger partial charge in [0.15, 0.2) is 9.84 Å². The van der Waals surface area contributed by atoms with Crippen molar-refractivity contribution in [2.24, 2.45) is 0 Å². The lowest BCUT2D eigenvalue weighted by Crippen LogP contribution is -2.41. The number of halogens is 1. The molecule has 3 aromatic rings. The van der Waals surface area contributed by atoms with Gasteiger partial charge in [-0.1, -0.05) is 17.7 Å². The molecule has 1 aliphatic heterocycles. The third-order valence-electron chi connectivity index (χ3n) is 5.62. The summed E-state index contributed by atoms with van der Waals surface area (Å²) >= 11 is 8.69. The smallest absolute Gasteiger partial charge is 0.272 e. The fourth-order valence-electron chi connectivity index (χ4n) is 3.89. The van der Waals surface area contributed by atoms with Gasteiger partial charge in [-0.15, -0.1) is 22.7 Å². The topological polar surface area (TPSA) is 117 Å². The summed E-state index contributed by atoms with van der Waals surface area (Å²) in [5, 5.41) is 9.17. The van der Waals surface area contributed by atoms with Crippen LogP contribution in [0.3, 0.4) is 0 Å². The molecule has 0 spiro atoms. The quantitative estimate of drug-likeness (QED) is 0.388. The summed E-state index contributed by atoms with van der Waals surface area (Å²) in [6, 6.07) is 12.1. The molecule has 4 rings (SSSR count).